The van der Waals surface area contributed by atoms with E-state index in [1.54, 1.807) is 51.8 Å². The summed E-state index contributed by atoms with van der Waals surface area (Å²) in [5.41, 5.74) is 0.782. The summed E-state index contributed by atoms with van der Waals surface area (Å²) in [6, 6.07) is 7.48. The molecular weight excluding hydrogens is 436 g/mol. The van der Waals surface area contributed by atoms with Crippen molar-refractivity contribution in [2.45, 2.75) is 6.92 Å². The van der Waals surface area contributed by atoms with Crippen molar-refractivity contribution in [1.29, 1.82) is 0 Å². The summed E-state index contributed by atoms with van der Waals surface area (Å²) in [6.07, 6.45) is 6.91. The number of aryl methyl sites for hydroxylation is 1. The van der Waals surface area contributed by atoms with E-state index in [4.69, 9.17) is 14.2 Å². The van der Waals surface area contributed by atoms with E-state index in [0.717, 1.165) is 23.0 Å². The third-order valence-corrected chi connectivity index (χ3v) is 5.73. The molecule has 0 spiro atoms. The number of ether oxygens (including phenoxy) is 3. The first-order valence-electron chi connectivity index (χ1n) is 10.9. The second-order valence-corrected chi connectivity index (χ2v) is 7.70. The molecule has 0 radical (unpaired) electrons. The van der Waals surface area contributed by atoms with Crippen LogP contribution in [-0.2, 0) is 4.79 Å². The van der Waals surface area contributed by atoms with E-state index in [1.165, 1.54) is 0 Å². The smallest absolute Gasteiger partial charge is 0.246 e. The van der Waals surface area contributed by atoms with Crippen molar-refractivity contribution in [2.75, 3.05) is 52.4 Å². The number of nitrogens with zero attached hydrogens (tertiary/aromatic N) is 6. The fourth-order valence-electron chi connectivity index (χ4n) is 3.86. The number of piperazine rings is 1. The Kier molecular flexibility index (Phi) is 6.95. The Hall–Kier alpha value is -4.08. The molecule has 3 aromatic rings. The standard InChI is InChI=1S/C24H28N6O4/c1-17-25-9-10-30(17)22-7-6-21(26-27-22)28-11-13-29(14-12-28)23(31)8-5-18-15-19(32-2)24(34-4)20(16-18)33-3/h5-10,15-16H,11-14H2,1-4H3/b8-5+. The van der Waals surface area contributed by atoms with Gasteiger partial charge in [0, 0.05) is 44.6 Å². The molecule has 1 fully saturated rings. The van der Waals surface area contributed by atoms with Gasteiger partial charge in [-0.1, -0.05) is 0 Å². The van der Waals surface area contributed by atoms with E-state index < -0.39 is 0 Å². The number of aromatic nitrogens is 4. The monoisotopic (exact) mass is 464 g/mol. The van der Waals surface area contributed by atoms with Crippen LogP contribution in [0.25, 0.3) is 11.9 Å². The summed E-state index contributed by atoms with van der Waals surface area (Å²) in [6.45, 7) is 4.48. The number of methoxy groups -OCH3 is 3. The van der Waals surface area contributed by atoms with E-state index in [0.29, 0.717) is 43.4 Å². The van der Waals surface area contributed by atoms with Gasteiger partial charge in [-0.15, -0.1) is 10.2 Å². The van der Waals surface area contributed by atoms with Crippen molar-refractivity contribution < 1.29 is 19.0 Å². The summed E-state index contributed by atoms with van der Waals surface area (Å²) in [4.78, 5) is 20.9. The van der Waals surface area contributed by atoms with Crippen molar-refractivity contribution in [1.82, 2.24) is 24.6 Å². The zero-order valence-corrected chi connectivity index (χ0v) is 19.8. The highest BCUT2D eigenvalue weighted by Crippen LogP contribution is 2.38. The molecule has 1 amide bonds. The average Bonchev–Trinajstić information content (AvgIpc) is 3.32. The van der Waals surface area contributed by atoms with Crippen LogP contribution in [0.2, 0.25) is 0 Å². The minimum atomic E-state index is -0.0505. The Bertz CT molecular complexity index is 1140. The summed E-state index contributed by atoms with van der Waals surface area (Å²) < 4.78 is 18.0. The van der Waals surface area contributed by atoms with Gasteiger partial charge < -0.3 is 24.0 Å². The van der Waals surface area contributed by atoms with Crippen LogP contribution >= 0.6 is 0 Å². The Morgan fingerprint density at radius 3 is 2.12 bits per heavy atom. The molecule has 178 valence electrons. The fourth-order valence-corrected chi connectivity index (χ4v) is 3.86. The summed E-state index contributed by atoms with van der Waals surface area (Å²) in [5.74, 6) is 3.92. The Morgan fingerprint density at radius 1 is 0.941 bits per heavy atom. The highest BCUT2D eigenvalue weighted by molar-refractivity contribution is 5.92. The first-order valence-corrected chi connectivity index (χ1v) is 10.9. The average molecular weight is 465 g/mol. The lowest BCUT2D eigenvalue weighted by Gasteiger charge is -2.34. The Balaban J connectivity index is 1.37. The van der Waals surface area contributed by atoms with Crippen LogP contribution in [0.4, 0.5) is 5.82 Å². The maximum Gasteiger partial charge on any atom is 0.246 e. The molecule has 4 rings (SSSR count). The molecule has 0 aliphatic carbocycles. The molecule has 1 saturated heterocycles. The third kappa shape index (κ3) is 4.80. The van der Waals surface area contributed by atoms with Crippen molar-refractivity contribution in [3.63, 3.8) is 0 Å². The van der Waals surface area contributed by atoms with E-state index in [1.807, 2.05) is 34.7 Å². The lowest BCUT2D eigenvalue weighted by molar-refractivity contribution is -0.126. The van der Waals surface area contributed by atoms with Gasteiger partial charge in [0.1, 0.15) is 5.82 Å². The predicted molar refractivity (Wildman–Crippen MR) is 128 cm³/mol. The van der Waals surface area contributed by atoms with Gasteiger partial charge in [-0.2, -0.15) is 0 Å². The van der Waals surface area contributed by atoms with Crippen LogP contribution in [0.1, 0.15) is 11.4 Å². The molecule has 0 unspecified atom stereocenters. The summed E-state index contributed by atoms with van der Waals surface area (Å²) in [7, 11) is 4.68. The number of carbonyl (C=O) groups excluding carboxylic acids is 1. The number of hydrogen-bond acceptors (Lipinski definition) is 8. The molecule has 0 saturated carbocycles. The van der Waals surface area contributed by atoms with Crippen LogP contribution in [-0.4, -0.2) is 78.1 Å². The van der Waals surface area contributed by atoms with Gasteiger partial charge in [0.05, 0.1) is 21.3 Å². The molecule has 1 aliphatic rings. The molecule has 10 nitrogen and oxygen atoms in total. The molecule has 10 heteroatoms. The fraction of sp³-hybridized carbons (Fsp3) is 0.333. The normalized spacial score (nSPS) is 13.9. The largest absolute Gasteiger partial charge is 0.493 e. The van der Waals surface area contributed by atoms with Gasteiger partial charge in [-0.25, -0.2) is 4.98 Å². The van der Waals surface area contributed by atoms with Gasteiger partial charge in [-0.3, -0.25) is 9.36 Å². The van der Waals surface area contributed by atoms with Gasteiger partial charge in [0.2, 0.25) is 11.7 Å². The maximum absolute atomic E-state index is 12.8. The second-order valence-electron chi connectivity index (χ2n) is 7.70. The topological polar surface area (TPSA) is 94.8 Å². The van der Waals surface area contributed by atoms with Crippen LogP contribution in [0.15, 0.2) is 42.7 Å². The molecule has 0 bridgehead atoms. The lowest BCUT2D eigenvalue weighted by atomic mass is 10.1. The van der Waals surface area contributed by atoms with Crippen LogP contribution in [0.5, 0.6) is 17.2 Å². The summed E-state index contributed by atoms with van der Waals surface area (Å²) >= 11 is 0. The van der Waals surface area contributed by atoms with E-state index in [-0.39, 0.29) is 5.91 Å². The molecule has 0 atom stereocenters. The van der Waals surface area contributed by atoms with Crippen molar-refractivity contribution in [3.8, 4) is 23.1 Å². The first-order chi connectivity index (χ1) is 16.5. The number of rotatable bonds is 7. The van der Waals surface area contributed by atoms with E-state index >= 15 is 0 Å². The van der Waals surface area contributed by atoms with Crippen LogP contribution in [0.3, 0.4) is 0 Å². The van der Waals surface area contributed by atoms with Gasteiger partial charge in [0.15, 0.2) is 23.1 Å². The lowest BCUT2D eigenvalue weighted by Crippen LogP contribution is -2.48. The molecule has 0 N–H and O–H groups in total. The third-order valence-electron chi connectivity index (χ3n) is 5.73. The van der Waals surface area contributed by atoms with Gasteiger partial charge in [-0.05, 0) is 42.8 Å². The Morgan fingerprint density at radius 2 is 1.59 bits per heavy atom. The highest BCUT2D eigenvalue weighted by atomic mass is 16.5. The van der Waals surface area contributed by atoms with Crippen molar-refractivity contribution in [3.05, 3.63) is 54.1 Å². The first kappa shape index (κ1) is 23.1. The summed E-state index contributed by atoms with van der Waals surface area (Å²) in [5, 5.41) is 8.69. The number of carbonyl (C=O) groups is 1. The number of amides is 1. The maximum atomic E-state index is 12.8. The van der Waals surface area contributed by atoms with Crippen molar-refractivity contribution in [2.24, 2.45) is 0 Å². The molecule has 34 heavy (non-hydrogen) atoms. The van der Waals surface area contributed by atoms with Gasteiger partial charge >= 0.3 is 0 Å². The molecule has 3 heterocycles. The highest BCUT2D eigenvalue weighted by Gasteiger charge is 2.21. The van der Waals surface area contributed by atoms with Crippen molar-refractivity contribution >= 4 is 17.8 Å². The minimum Gasteiger partial charge on any atom is -0.493 e. The molecule has 1 aliphatic heterocycles. The quantitative estimate of drug-likeness (QED) is 0.492. The zero-order valence-electron chi connectivity index (χ0n) is 19.8. The van der Waals surface area contributed by atoms with Gasteiger partial charge in [0.25, 0.3) is 0 Å². The van der Waals surface area contributed by atoms with E-state index in [9.17, 15) is 4.79 Å². The number of anilines is 1. The van der Waals surface area contributed by atoms with Crippen LogP contribution < -0.4 is 19.1 Å². The number of imidazole rings is 1. The Labute approximate surface area is 198 Å². The molecule has 2 aromatic heterocycles. The predicted octanol–water partition coefficient (Wildman–Crippen LogP) is 2.36. The number of hydrogen-bond donors (Lipinski definition) is 0. The second kappa shape index (κ2) is 10.2. The SMILES string of the molecule is COc1cc(/C=C/C(=O)N2CCN(c3ccc(-n4ccnc4C)nn3)CC2)cc(OC)c1OC. The number of benzene rings is 1. The van der Waals surface area contributed by atoms with Crippen LogP contribution in [0, 0.1) is 6.92 Å². The molecular formula is C24H28N6O4. The van der Waals surface area contributed by atoms with E-state index in [2.05, 4.69) is 20.1 Å². The minimum absolute atomic E-state index is 0.0505. The zero-order chi connectivity index (χ0) is 24.1. The molecule has 1 aromatic carbocycles.